The van der Waals surface area contributed by atoms with Crippen molar-refractivity contribution in [1.82, 2.24) is 30.6 Å². The molecular formula is C12H14N6O3. The second-order valence-electron chi connectivity index (χ2n) is 4.20. The molecule has 9 heteroatoms. The molecule has 110 valence electrons. The molecule has 0 bridgehead atoms. The largest absolute Gasteiger partial charge is 0.480 e. The number of aromatic amines is 1. The number of hydrogen-bond acceptors (Lipinski definition) is 5. The maximum Gasteiger partial charge on any atom is 0.326 e. The fourth-order valence-electron chi connectivity index (χ4n) is 1.62. The van der Waals surface area contributed by atoms with Crippen molar-refractivity contribution in [2.45, 2.75) is 19.0 Å². The van der Waals surface area contributed by atoms with Gasteiger partial charge in [-0.3, -0.25) is 0 Å². The maximum absolute atomic E-state index is 11.7. The molecule has 2 aromatic rings. The number of aliphatic carboxylic acids is 1. The van der Waals surface area contributed by atoms with Crippen LogP contribution in [0.25, 0.3) is 0 Å². The Labute approximate surface area is 119 Å². The molecule has 0 radical (unpaired) electrons. The van der Waals surface area contributed by atoms with E-state index >= 15 is 0 Å². The lowest BCUT2D eigenvalue weighted by atomic mass is 10.2. The van der Waals surface area contributed by atoms with E-state index in [0.717, 1.165) is 0 Å². The zero-order chi connectivity index (χ0) is 15.1. The van der Waals surface area contributed by atoms with Crippen molar-refractivity contribution in [3.05, 3.63) is 42.5 Å². The summed E-state index contributed by atoms with van der Waals surface area (Å²) in [7, 11) is 0. The zero-order valence-electron chi connectivity index (χ0n) is 11.0. The summed E-state index contributed by atoms with van der Waals surface area (Å²) in [5, 5.41) is 14.0. The summed E-state index contributed by atoms with van der Waals surface area (Å²) in [5.41, 5.74) is 1.25. The molecule has 1 unspecified atom stereocenters. The zero-order valence-corrected chi connectivity index (χ0v) is 11.0. The number of rotatable bonds is 6. The summed E-state index contributed by atoms with van der Waals surface area (Å²) < 4.78 is 0. The molecule has 0 spiro atoms. The highest BCUT2D eigenvalue weighted by molar-refractivity contribution is 5.82. The Kier molecular flexibility index (Phi) is 4.80. The van der Waals surface area contributed by atoms with Gasteiger partial charge in [-0.2, -0.15) is 0 Å². The second kappa shape index (κ2) is 6.98. The van der Waals surface area contributed by atoms with Crippen LogP contribution in [0, 0.1) is 0 Å². The number of carboxylic acids is 1. The van der Waals surface area contributed by atoms with Crippen molar-refractivity contribution < 1.29 is 14.7 Å². The third kappa shape index (κ3) is 4.56. The van der Waals surface area contributed by atoms with E-state index in [2.05, 4.69) is 30.6 Å². The molecule has 2 amide bonds. The van der Waals surface area contributed by atoms with E-state index in [4.69, 9.17) is 5.11 Å². The van der Waals surface area contributed by atoms with Gasteiger partial charge in [0.05, 0.1) is 18.6 Å². The first-order valence-corrected chi connectivity index (χ1v) is 6.14. The molecule has 0 saturated carbocycles. The fourth-order valence-corrected chi connectivity index (χ4v) is 1.62. The summed E-state index contributed by atoms with van der Waals surface area (Å²) >= 11 is 0. The third-order valence-corrected chi connectivity index (χ3v) is 2.66. The van der Waals surface area contributed by atoms with E-state index in [1.807, 2.05) is 0 Å². The number of carbonyl (C=O) groups excluding carboxylic acids is 1. The SMILES string of the molecule is O=C(NCc1ccncn1)NC(Cc1cnc[nH]1)C(=O)O. The molecule has 0 aromatic carbocycles. The van der Waals surface area contributed by atoms with Crippen LogP contribution in [0.5, 0.6) is 0 Å². The van der Waals surface area contributed by atoms with Crippen LogP contribution < -0.4 is 10.6 Å². The number of amides is 2. The smallest absolute Gasteiger partial charge is 0.326 e. The fraction of sp³-hybridized carbons (Fsp3) is 0.250. The molecule has 4 N–H and O–H groups in total. The predicted octanol–water partition coefficient (Wildman–Crippen LogP) is -0.305. The number of carbonyl (C=O) groups is 2. The molecule has 0 aliphatic carbocycles. The molecular weight excluding hydrogens is 276 g/mol. The van der Waals surface area contributed by atoms with Gasteiger partial charge in [-0.25, -0.2) is 24.5 Å². The van der Waals surface area contributed by atoms with Gasteiger partial charge in [-0.1, -0.05) is 0 Å². The minimum atomic E-state index is -1.12. The maximum atomic E-state index is 11.7. The van der Waals surface area contributed by atoms with Gasteiger partial charge >= 0.3 is 12.0 Å². The average molecular weight is 290 g/mol. The Morgan fingerprint density at radius 2 is 2.24 bits per heavy atom. The first kappa shape index (κ1) is 14.4. The summed E-state index contributed by atoms with van der Waals surface area (Å²) in [5.74, 6) is -1.12. The van der Waals surface area contributed by atoms with Crippen LogP contribution >= 0.6 is 0 Å². The van der Waals surface area contributed by atoms with Crippen molar-refractivity contribution in [2.75, 3.05) is 0 Å². The molecule has 1 atom stereocenters. The Morgan fingerprint density at radius 3 is 2.86 bits per heavy atom. The predicted molar refractivity (Wildman–Crippen MR) is 71.1 cm³/mol. The summed E-state index contributed by atoms with van der Waals surface area (Å²) in [4.78, 5) is 37.1. The molecule has 2 rings (SSSR count). The molecule has 0 aliphatic rings. The number of H-pyrrole nitrogens is 1. The number of imidazole rings is 1. The molecule has 2 heterocycles. The van der Waals surface area contributed by atoms with Gasteiger partial charge in [0.1, 0.15) is 12.4 Å². The number of urea groups is 1. The van der Waals surface area contributed by atoms with E-state index in [0.29, 0.717) is 11.4 Å². The van der Waals surface area contributed by atoms with E-state index in [9.17, 15) is 9.59 Å². The lowest BCUT2D eigenvalue weighted by molar-refractivity contribution is -0.139. The van der Waals surface area contributed by atoms with Crippen LogP contribution in [0.4, 0.5) is 4.79 Å². The second-order valence-corrected chi connectivity index (χ2v) is 4.20. The number of carboxylic acid groups (broad SMARTS) is 1. The molecule has 0 fully saturated rings. The monoisotopic (exact) mass is 290 g/mol. The van der Waals surface area contributed by atoms with Gasteiger partial charge in [-0.05, 0) is 6.07 Å². The normalized spacial score (nSPS) is 11.6. The Balaban J connectivity index is 1.85. The van der Waals surface area contributed by atoms with Crippen molar-refractivity contribution in [1.29, 1.82) is 0 Å². The molecule has 21 heavy (non-hydrogen) atoms. The summed E-state index contributed by atoms with van der Waals surface area (Å²) in [6.45, 7) is 0.185. The number of nitrogens with zero attached hydrogens (tertiary/aromatic N) is 3. The Hall–Kier alpha value is -2.97. The van der Waals surface area contributed by atoms with Crippen LogP contribution in [0.3, 0.4) is 0 Å². The lowest BCUT2D eigenvalue weighted by Crippen LogP contribution is -2.47. The van der Waals surface area contributed by atoms with Gasteiger partial charge in [-0.15, -0.1) is 0 Å². The van der Waals surface area contributed by atoms with Crippen molar-refractivity contribution in [3.63, 3.8) is 0 Å². The van der Waals surface area contributed by atoms with Crippen LogP contribution in [0.15, 0.2) is 31.1 Å². The van der Waals surface area contributed by atoms with Gasteiger partial charge < -0.3 is 20.7 Å². The summed E-state index contributed by atoms with van der Waals surface area (Å²) in [6.07, 6.45) is 6.00. The van der Waals surface area contributed by atoms with Gasteiger partial charge in [0.15, 0.2) is 0 Å². The topological polar surface area (TPSA) is 133 Å². The number of nitrogens with one attached hydrogen (secondary N) is 3. The van der Waals surface area contributed by atoms with Crippen LogP contribution in [-0.2, 0) is 17.8 Å². The minimum absolute atomic E-state index is 0.121. The van der Waals surface area contributed by atoms with E-state index < -0.39 is 18.0 Å². The highest BCUT2D eigenvalue weighted by atomic mass is 16.4. The number of aromatic nitrogens is 4. The van der Waals surface area contributed by atoms with Crippen molar-refractivity contribution in [3.8, 4) is 0 Å². The average Bonchev–Trinajstić information content (AvgIpc) is 2.98. The standard InChI is InChI=1S/C12H14N6O3/c19-11(20)10(3-9-4-14-7-17-9)18-12(21)15-5-8-1-2-13-6-16-8/h1-2,4,6-7,10H,3,5H2,(H,14,17)(H,19,20)(H2,15,18,21). The van der Waals surface area contributed by atoms with Crippen LogP contribution in [-0.4, -0.2) is 43.1 Å². The van der Waals surface area contributed by atoms with E-state index in [-0.39, 0.29) is 13.0 Å². The summed E-state index contributed by atoms with van der Waals surface area (Å²) in [6, 6.07) is 0.0240. The molecule has 0 aliphatic heterocycles. The van der Waals surface area contributed by atoms with Crippen LogP contribution in [0.2, 0.25) is 0 Å². The number of hydrogen-bond donors (Lipinski definition) is 4. The molecule has 9 nitrogen and oxygen atoms in total. The molecule has 2 aromatic heterocycles. The molecule has 0 saturated heterocycles. The highest BCUT2D eigenvalue weighted by Crippen LogP contribution is 1.99. The van der Waals surface area contributed by atoms with E-state index in [1.165, 1.54) is 18.9 Å². The van der Waals surface area contributed by atoms with Gasteiger partial charge in [0, 0.05) is 24.5 Å². The first-order chi connectivity index (χ1) is 10.1. The van der Waals surface area contributed by atoms with Crippen molar-refractivity contribution >= 4 is 12.0 Å². The lowest BCUT2D eigenvalue weighted by Gasteiger charge is -2.14. The minimum Gasteiger partial charge on any atom is -0.480 e. The Morgan fingerprint density at radius 1 is 1.38 bits per heavy atom. The highest BCUT2D eigenvalue weighted by Gasteiger charge is 2.20. The van der Waals surface area contributed by atoms with E-state index in [1.54, 1.807) is 12.3 Å². The van der Waals surface area contributed by atoms with Crippen LogP contribution in [0.1, 0.15) is 11.4 Å². The quantitative estimate of drug-likeness (QED) is 0.577. The van der Waals surface area contributed by atoms with Gasteiger partial charge in [0.25, 0.3) is 0 Å². The van der Waals surface area contributed by atoms with Crippen molar-refractivity contribution in [2.24, 2.45) is 0 Å². The first-order valence-electron chi connectivity index (χ1n) is 6.14. The van der Waals surface area contributed by atoms with Gasteiger partial charge in [0.2, 0.25) is 0 Å². The third-order valence-electron chi connectivity index (χ3n) is 2.66. The Bertz CT molecular complexity index is 586.